The zero-order chi connectivity index (χ0) is 18.6. The predicted octanol–water partition coefficient (Wildman–Crippen LogP) is 2.63. The number of likely N-dealkylation sites (tertiary alicyclic amines) is 1. The van der Waals surface area contributed by atoms with E-state index in [1.54, 1.807) is 15.7 Å². The molecule has 2 N–H and O–H groups in total. The van der Waals surface area contributed by atoms with Crippen LogP contribution in [0.2, 0.25) is 0 Å². The third-order valence-corrected chi connectivity index (χ3v) is 4.82. The van der Waals surface area contributed by atoms with E-state index in [1.807, 2.05) is 33.0 Å². The molecule has 1 amide bonds. The number of carbonyl (C=O) groups is 1. The molecule has 0 spiro atoms. The van der Waals surface area contributed by atoms with Crippen LogP contribution in [-0.2, 0) is 4.74 Å². The van der Waals surface area contributed by atoms with Gasteiger partial charge in [-0.3, -0.25) is 4.57 Å². The summed E-state index contributed by atoms with van der Waals surface area (Å²) in [4.78, 5) is 37.1. The fraction of sp³-hybridized carbons (Fsp3) is 0.500. The minimum Gasteiger partial charge on any atom is -0.444 e. The van der Waals surface area contributed by atoms with Crippen molar-refractivity contribution in [1.82, 2.24) is 24.4 Å². The Morgan fingerprint density at radius 1 is 1.35 bits per heavy atom. The van der Waals surface area contributed by atoms with E-state index in [4.69, 9.17) is 4.74 Å². The topological polar surface area (TPSA) is 96.0 Å². The summed E-state index contributed by atoms with van der Waals surface area (Å²) in [7, 11) is 0. The Kier molecular flexibility index (Phi) is 3.61. The number of aromatic nitrogens is 4. The van der Waals surface area contributed by atoms with Crippen LogP contribution in [0.5, 0.6) is 0 Å². The van der Waals surface area contributed by atoms with Gasteiger partial charge in [0.1, 0.15) is 11.2 Å². The third kappa shape index (κ3) is 2.65. The lowest BCUT2D eigenvalue weighted by atomic mass is 10.1. The van der Waals surface area contributed by atoms with Crippen molar-refractivity contribution in [2.45, 2.75) is 39.3 Å². The molecule has 8 heteroatoms. The highest BCUT2D eigenvalue weighted by molar-refractivity contribution is 6.00. The maximum Gasteiger partial charge on any atom is 0.410 e. The summed E-state index contributed by atoms with van der Waals surface area (Å²) in [6.07, 6.45) is 3.13. The molecular formula is C18H23N5O3. The summed E-state index contributed by atoms with van der Waals surface area (Å²) in [5, 5.41) is 0.892. The average molecular weight is 357 g/mol. The maximum atomic E-state index is 12.7. The summed E-state index contributed by atoms with van der Waals surface area (Å²) in [6.45, 7) is 8.60. The molecule has 8 nitrogen and oxygen atoms in total. The zero-order valence-electron chi connectivity index (χ0n) is 15.4. The summed E-state index contributed by atoms with van der Waals surface area (Å²) in [5.74, 6) is 0.126. The van der Waals surface area contributed by atoms with Gasteiger partial charge >= 0.3 is 11.8 Å². The fourth-order valence-corrected chi connectivity index (χ4v) is 3.70. The number of hydrogen-bond acceptors (Lipinski definition) is 4. The van der Waals surface area contributed by atoms with Crippen molar-refractivity contribution in [2.24, 2.45) is 5.92 Å². The first-order valence-corrected chi connectivity index (χ1v) is 8.79. The van der Waals surface area contributed by atoms with E-state index in [0.29, 0.717) is 18.6 Å². The molecule has 4 heterocycles. The first kappa shape index (κ1) is 16.7. The van der Waals surface area contributed by atoms with Gasteiger partial charge in [-0.1, -0.05) is 6.92 Å². The van der Waals surface area contributed by atoms with Gasteiger partial charge in [0.05, 0.1) is 23.3 Å². The first-order chi connectivity index (χ1) is 12.2. The van der Waals surface area contributed by atoms with Crippen molar-refractivity contribution in [1.29, 1.82) is 0 Å². The van der Waals surface area contributed by atoms with E-state index in [-0.39, 0.29) is 23.7 Å². The van der Waals surface area contributed by atoms with Crippen molar-refractivity contribution in [2.75, 3.05) is 13.1 Å². The number of pyridine rings is 1. The number of fused-ring (bicyclic) bond motifs is 3. The molecule has 1 saturated heterocycles. The van der Waals surface area contributed by atoms with Crippen LogP contribution in [0.3, 0.4) is 0 Å². The van der Waals surface area contributed by atoms with E-state index in [0.717, 1.165) is 16.6 Å². The van der Waals surface area contributed by atoms with Crippen LogP contribution < -0.4 is 5.69 Å². The van der Waals surface area contributed by atoms with Crippen LogP contribution in [0.4, 0.5) is 4.79 Å². The van der Waals surface area contributed by atoms with Crippen LogP contribution in [0.15, 0.2) is 23.3 Å². The molecule has 1 aliphatic rings. The maximum absolute atomic E-state index is 12.7. The highest BCUT2D eigenvalue weighted by atomic mass is 16.6. The fourth-order valence-electron chi connectivity index (χ4n) is 3.70. The quantitative estimate of drug-likeness (QED) is 0.700. The highest BCUT2D eigenvalue weighted by Gasteiger charge is 2.37. The van der Waals surface area contributed by atoms with Crippen LogP contribution in [0.1, 0.15) is 33.7 Å². The Morgan fingerprint density at radius 3 is 2.85 bits per heavy atom. The van der Waals surface area contributed by atoms with Crippen LogP contribution in [0.25, 0.3) is 22.1 Å². The number of rotatable bonds is 1. The summed E-state index contributed by atoms with van der Waals surface area (Å²) in [6, 6.07) is 1.80. The van der Waals surface area contributed by atoms with Gasteiger partial charge in [0.2, 0.25) is 0 Å². The Balaban J connectivity index is 1.74. The summed E-state index contributed by atoms with van der Waals surface area (Å²) in [5.41, 5.74) is 1.53. The number of hydrogen-bond donors (Lipinski definition) is 2. The number of amides is 1. The molecule has 138 valence electrons. The molecule has 0 saturated carbocycles. The molecule has 0 unspecified atom stereocenters. The van der Waals surface area contributed by atoms with Gasteiger partial charge in [-0.25, -0.2) is 14.6 Å². The van der Waals surface area contributed by atoms with Gasteiger partial charge in [-0.05, 0) is 32.8 Å². The van der Waals surface area contributed by atoms with E-state index < -0.39 is 5.60 Å². The molecule has 2 atom stereocenters. The van der Waals surface area contributed by atoms with E-state index in [9.17, 15) is 9.59 Å². The minimum atomic E-state index is -0.543. The van der Waals surface area contributed by atoms with E-state index in [2.05, 4.69) is 21.9 Å². The monoisotopic (exact) mass is 357 g/mol. The van der Waals surface area contributed by atoms with Crippen molar-refractivity contribution < 1.29 is 9.53 Å². The number of nitrogens with one attached hydrogen (secondary N) is 2. The third-order valence-electron chi connectivity index (χ3n) is 4.82. The SMILES string of the molecule is C[C@@H]1CN(C(=O)OC(C)(C)C)C[C@H]1n1c(=O)[nH]c2cnc3[nH]ccc3c21. The normalized spacial score (nSPS) is 21.0. The molecule has 0 aromatic carbocycles. The van der Waals surface area contributed by atoms with Gasteiger partial charge < -0.3 is 19.6 Å². The molecule has 0 bridgehead atoms. The molecule has 3 aromatic heterocycles. The second-order valence-electron chi connectivity index (χ2n) is 7.99. The second kappa shape index (κ2) is 5.62. The van der Waals surface area contributed by atoms with Crippen LogP contribution in [0, 0.1) is 5.92 Å². The van der Waals surface area contributed by atoms with Crippen LogP contribution in [-0.4, -0.2) is 49.2 Å². The van der Waals surface area contributed by atoms with Gasteiger partial charge in [-0.2, -0.15) is 0 Å². The smallest absolute Gasteiger partial charge is 0.410 e. The lowest BCUT2D eigenvalue weighted by Crippen LogP contribution is -2.36. The van der Waals surface area contributed by atoms with Crippen molar-refractivity contribution in [3.8, 4) is 0 Å². The van der Waals surface area contributed by atoms with E-state index >= 15 is 0 Å². The molecule has 0 aliphatic carbocycles. The molecule has 0 radical (unpaired) electrons. The number of carbonyl (C=O) groups excluding carboxylic acids is 1. The van der Waals surface area contributed by atoms with Crippen molar-refractivity contribution in [3.05, 3.63) is 28.9 Å². The Morgan fingerprint density at radius 2 is 2.12 bits per heavy atom. The molecular weight excluding hydrogens is 334 g/mol. The van der Waals surface area contributed by atoms with Gasteiger partial charge in [0.15, 0.2) is 0 Å². The van der Waals surface area contributed by atoms with Crippen molar-refractivity contribution in [3.63, 3.8) is 0 Å². The Labute approximate surface area is 150 Å². The lowest BCUT2D eigenvalue weighted by Gasteiger charge is -2.24. The molecule has 26 heavy (non-hydrogen) atoms. The summed E-state index contributed by atoms with van der Waals surface area (Å²) < 4.78 is 7.25. The van der Waals surface area contributed by atoms with Gasteiger partial charge in [-0.15, -0.1) is 0 Å². The Hall–Kier alpha value is -2.77. The lowest BCUT2D eigenvalue weighted by molar-refractivity contribution is 0.0285. The molecule has 1 fully saturated rings. The predicted molar refractivity (Wildman–Crippen MR) is 98.2 cm³/mol. The van der Waals surface area contributed by atoms with Gasteiger partial charge in [0.25, 0.3) is 0 Å². The number of imidazole rings is 1. The molecule has 3 aromatic rings. The second-order valence-corrected chi connectivity index (χ2v) is 7.99. The average Bonchev–Trinajstić information content (AvgIpc) is 3.20. The molecule has 4 rings (SSSR count). The number of H-pyrrole nitrogens is 2. The zero-order valence-corrected chi connectivity index (χ0v) is 15.4. The largest absolute Gasteiger partial charge is 0.444 e. The highest BCUT2D eigenvalue weighted by Crippen LogP contribution is 2.32. The number of aromatic amines is 2. The number of nitrogens with zero attached hydrogens (tertiary/aromatic N) is 3. The van der Waals surface area contributed by atoms with Crippen LogP contribution >= 0.6 is 0 Å². The molecule has 1 aliphatic heterocycles. The Bertz CT molecular complexity index is 1040. The standard InChI is InChI=1S/C18H23N5O3/c1-10-8-22(17(25)26-18(2,3)4)9-13(10)23-14-11-5-6-19-15(11)20-7-12(14)21-16(23)24/h5-7,10,13H,8-9H2,1-4H3,(H,19,20)(H,21,24)/t10-,13-/m1/s1. The van der Waals surface area contributed by atoms with Crippen molar-refractivity contribution >= 4 is 28.2 Å². The minimum absolute atomic E-state index is 0.121. The van der Waals surface area contributed by atoms with Gasteiger partial charge in [0, 0.05) is 24.7 Å². The number of ether oxygens (including phenoxy) is 1. The first-order valence-electron chi connectivity index (χ1n) is 8.79. The summed E-state index contributed by atoms with van der Waals surface area (Å²) >= 11 is 0. The van der Waals surface area contributed by atoms with E-state index in [1.165, 1.54) is 0 Å².